The number of carbonyl (C=O) groups is 1. The summed E-state index contributed by atoms with van der Waals surface area (Å²) in [6, 6.07) is 7.29. The van der Waals surface area contributed by atoms with E-state index in [1.54, 1.807) is 15.9 Å². The Morgan fingerprint density at radius 2 is 1.57 bits per heavy atom. The molecule has 2 fully saturated rings. The van der Waals surface area contributed by atoms with E-state index in [4.69, 9.17) is 4.74 Å². The maximum atomic E-state index is 14.0. The smallest absolute Gasteiger partial charge is 0.378 e. The number of carbonyl (C=O) groups excluding carboxylic acids is 1. The van der Waals surface area contributed by atoms with E-state index in [0.717, 1.165) is 12.3 Å². The number of hydrogen-bond acceptors (Lipinski definition) is 6. The summed E-state index contributed by atoms with van der Waals surface area (Å²) in [5.74, 6) is -1.68. The fourth-order valence-corrected chi connectivity index (χ4v) is 4.91. The summed E-state index contributed by atoms with van der Waals surface area (Å²) in [7, 11) is -3.54. The Morgan fingerprint density at radius 3 is 2.14 bits per heavy atom. The zero-order valence-electron chi connectivity index (χ0n) is 19.0. The Hall–Kier alpha value is -2.86. The second kappa shape index (κ2) is 9.65. The van der Waals surface area contributed by atoms with E-state index >= 15 is 0 Å². The Kier molecular flexibility index (Phi) is 6.96. The largest absolute Gasteiger partial charge is 0.419 e. The fraction of sp³-hybridized carbons (Fsp3) is 0.435. The van der Waals surface area contributed by atoms with E-state index in [1.165, 1.54) is 18.2 Å². The summed E-state index contributed by atoms with van der Waals surface area (Å²) in [6.45, 7) is 3.16. The van der Waals surface area contributed by atoms with Gasteiger partial charge in [0.25, 0.3) is 5.91 Å². The van der Waals surface area contributed by atoms with Crippen molar-refractivity contribution in [2.45, 2.75) is 11.1 Å². The van der Waals surface area contributed by atoms with Crippen LogP contribution in [-0.2, 0) is 20.8 Å². The molecule has 0 atom stereocenters. The highest BCUT2D eigenvalue weighted by atomic mass is 32.2. The zero-order chi connectivity index (χ0) is 25.4. The molecule has 35 heavy (non-hydrogen) atoms. The number of sulfone groups is 1. The SMILES string of the molecule is CS(=O)(=O)c1ccc(N2CCOCC2)c(C(=O)N2CCN(c3ccc(C(F)(F)F)c(F)c3)CC2)c1. The van der Waals surface area contributed by atoms with Gasteiger partial charge in [0, 0.05) is 56.9 Å². The molecule has 12 heteroatoms. The molecule has 0 aliphatic carbocycles. The minimum absolute atomic E-state index is 0.0386. The van der Waals surface area contributed by atoms with Crippen LogP contribution < -0.4 is 9.80 Å². The van der Waals surface area contributed by atoms with Crippen LogP contribution in [0.4, 0.5) is 28.9 Å². The minimum atomic E-state index is -4.77. The van der Waals surface area contributed by atoms with Gasteiger partial charge < -0.3 is 19.4 Å². The Balaban J connectivity index is 1.53. The van der Waals surface area contributed by atoms with E-state index in [-0.39, 0.29) is 42.5 Å². The van der Waals surface area contributed by atoms with Gasteiger partial charge in [-0.1, -0.05) is 0 Å². The summed E-state index contributed by atoms with van der Waals surface area (Å²) in [5, 5.41) is 0. The van der Waals surface area contributed by atoms with Crippen molar-refractivity contribution in [1.29, 1.82) is 0 Å². The van der Waals surface area contributed by atoms with Gasteiger partial charge in [0.1, 0.15) is 5.82 Å². The van der Waals surface area contributed by atoms with Gasteiger partial charge in [0.15, 0.2) is 9.84 Å². The standard InChI is InChI=1S/C23H25F4N3O4S/c1-35(32,33)17-3-5-21(29-10-12-34-13-11-29)18(15-17)22(31)30-8-6-28(7-9-30)16-2-4-19(20(24)14-16)23(25,26)27/h2-5,14-15H,6-13H2,1H3. The van der Waals surface area contributed by atoms with Crippen LogP contribution in [0.1, 0.15) is 15.9 Å². The van der Waals surface area contributed by atoms with Crippen molar-refractivity contribution in [2.24, 2.45) is 0 Å². The number of amides is 1. The number of nitrogens with zero attached hydrogens (tertiary/aromatic N) is 3. The molecule has 0 unspecified atom stereocenters. The molecule has 1 amide bonds. The van der Waals surface area contributed by atoms with E-state index in [2.05, 4.69) is 0 Å². The molecule has 2 saturated heterocycles. The Morgan fingerprint density at radius 1 is 0.914 bits per heavy atom. The molecule has 7 nitrogen and oxygen atoms in total. The number of alkyl halides is 3. The molecule has 2 aromatic rings. The van der Waals surface area contributed by atoms with Gasteiger partial charge in [-0.15, -0.1) is 0 Å². The number of halogens is 4. The van der Waals surface area contributed by atoms with Gasteiger partial charge in [0.05, 0.1) is 29.2 Å². The molecule has 4 rings (SSSR count). The number of piperazine rings is 1. The molecule has 190 valence electrons. The second-order valence-electron chi connectivity index (χ2n) is 8.49. The predicted octanol–water partition coefficient (Wildman–Crippen LogP) is 3.05. The average Bonchev–Trinajstić information content (AvgIpc) is 2.82. The highest BCUT2D eigenvalue weighted by Crippen LogP contribution is 2.33. The molecule has 0 bridgehead atoms. The first-order valence-corrected chi connectivity index (χ1v) is 12.9. The Bertz CT molecular complexity index is 1210. The number of anilines is 2. The average molecular weight is 516 g/mol. The third-order valence-corrected chi connectivity index (χ3v) is 7.28. The summed E-state index contributed by atoms with van der Waals surface area (Å²) >= 11 is 0. The molecule has 0 aromatic heterocycles. The van der Waals surface area contributed by atoms with Crippen molar-refractivity contribution in [3.05, 3.63) is 53.3 Å². The van der Waals surface area contributed by atoms with Crippen LogP contribution in [0.3, 0.4) is 0 Å². The van der Waals surface area contributed by atoms with Gasteiger partial charge in [0.2, 0.25) is 0 Å². The minimum Gasteiger partial charge on any atom is -0.378 e. The van der Waals surface area contributed by atoms with Gasteiger partial charge in [-0.25, -0.2) is 12.8 Å². The number of rotatable bonds is 4. The number of benzene rings is 2. The van der Waals surface area contributed by atoms with E-state index in [0.29, 0.717) is 43.7 Å². The second-order valence-corrected chi connectivity index (χ2v) is 10.5. The normalized spacial score (nSPS) is 17.6. The zero-order valence-corrected chi connectivity index (χ0v) is 19.8. The van der Waals surface area contributed by atoms with Crippen LogP contribution in [0.15, 0.2) is 41.3 Å². The molecular weight excluding hydrogens is 490 g/mol. The fourth-order valence-electron chi connectivity index (χ4n) is 4.27. The quantitative estimate of drug-likeness (QED) is 0.584. The van der Waals surface area contributed by atoms with Gasteiger partial charge in [-0.2, -0.15) is 13.2 Å². The summed E-state index contributed by atoms with van der Waals surface area (Å²) < 4.78 is 82.2. The number of ether oxygens (including phenoxy) is 1. The highest BCUT2D eigenvalue weighted by Gasteiger charge is 2.34. The van der Waals surface area contributed by atoms with Gasteiger partial charge in [-0.3, -0.25) is 4.79 Å². The first kappa shape index (κ1) is 25.2. The number of morpholine rings is 1. The van der Waals surface area contributed by atoms with Crippen molar-refractivity contribution in [2.75, 3.05) is 68.5 Å². The molecule has 0 spiro atoms. The lowest BCUT2D eigenvalue weighted by Crippen LogP contribution is -2.49. The van der Waals surface area contributed by atoms with E-state index in [1.807, 2.05) is 4.90 Å². The van der Waals surface area contributed by atoms with Crippen molar-refractivity contribution >= 4 is 27.1 Å². The third kappa shape index (κ3) is 5.53. The lowest BCUT2D eigenvalue weighted by molar-refractivity contribution is -0.139. The van der Waals surface area contributed by atoms with Crippen molar-refractivity contribution in [3.63, 3.8) is 0 Å². The predicted molar refractivity (Wildman–Crippen MR) is 122 cm³/mol. The molecule has 2 heterocycles. The van der Waals surface area contributed by atoms with Crippen molar-refractivity contribution in [1.82, 2.24) is 4.90 Å². The van der Waals surface area contributed by atoms with E-state index < -0.39 is 27.4 Å². The van der Waals surface area contributed by atoms with E-state index in [9.17, 15) is 30.8 Å². The van der Waals surface area contributed by atoms with Crippen LogP contribution in [0.25, 0.3) is 0 Å². The van der Waals surface area contributed by atoms with Gasteiger partial charge in [-0.05, 0) is 36.4 Å². The van der Waals surface area contributed by atoms with Crippen LogP contribution in [0.5, 0.6) is 0 Å². The van der Waals surface area contributed by atoms with Crippen molar-refractivity contribution in [3.8, 4) is 0 Å². The summed E-state index contributed by atoms with van der Waals surface area (Å²) in [6.07, 6.45) is -3.70. The van der Waals surface area contributed by atoms with Gasteiger partial charge >= 0.3 is 6.18 Å². The first-order chi connectivity index (χ1) is 16.4. The Labute approximate surface area is 200 Å². The molecule has 0 saturated carbocycles. The maximum absolute atomic E-state index is 14.0. The summed E-state index contributed by atoms with van der Waals surface area (Å²) in [5.41, 5.74) is -0.131. The van der Waals surface area contributed by atoms with Crippen molar-refractivity contribution < 1.29 is 35.5 Å². The molecule has 2 aliphatic rings. The highest BCUT2D eigenvalue weighted by molar-refractivity contribution is 7.90. The van der Waals surface area contributed by atoms with Crippen LogP contribution in [-0.4, -0.2) is 78.0 Å². The summed E-state index contributed by atoms with van der Waals surface area (Å²) in [4.78, 5) is 18.8. The molecule has 0 N–H and O–H groups in total. The number of hydrogen-bond donors (Lipinski definition) is 0. The van der Waals surface area contributed by atoms with Crippen LogP contribution >= 0.6 is 0 Å². The maximum Gasteiger partial charge on any atom is 0.419 e. The molecule has 2 aromatic carbocycles. The molecular formula is C23H25F4N3O4S. The third-order valence-electron chi connectivity index (χ3n) is 6.17. The monoisotopic (exact) mass is 515 g/mol. The molecule has 0 radical (unpaired) electrons. The topological polar surface area (TPSA) is 70.2 Å². The lowest BCUT2D eigenvalue weighted by Gasteiger charge is -2.37. The first-order valence-electron chi connectivity index (χ1n) is 11.0. The van der Waals surface area contributed by atoms with Crippen LogP contribution in [0, 0.1) is 5.82 Å². The van der Waals surface area contributed by atoms with Crippen LogP contribution in [0.2, 0.25) is 0 Å². The molecule has 2 aliphatic heterocycles. The lowest BCUT2D eigenvalue weighted by atomic mass is 10.1.